The highest BCUT2D eigenvalue weighted by Gasteiger charge is 2.12. The van der Waals surface area contributed by atoms with Crippen LogP contribution in [0.5, 0.6) is 11.6 Å². The second kappa shape index (κ2) is 7.99. The van der Waals surface area contributed by atoms with Gasteiger partial charge in [-0.1, -0.05) is 12.1 Å². The van der Waals surface area contributed by atoms with Crippen molar-refractivity contribution >= 4 is 0 Å². The van der Waals surface area contributed by atoms with Gasteiger partial charge in [-0.25, -0.2) is 14.4 Å². The largest absolute Gasteiger partial charge is 0.436 e. The van der Waals surface area contributed by atoms with Crippen LogP contribution < -0.4 is 15.4 Å². The topological polar surface area (TPSA) is 59.1 Å². The Bertz CT molecular complexity index is 631. The number of hydrogen-bond acceptors (Lipinski definition) is 5. The summed E-state index contributed by atoms with van der Waals surface area (Å²) in [5, 5.41) is 6.79. The molecule has 1 aromatic heterocycles. The van der Waals surface area contributed by atoms with Gasteiger partial charge in [0.15, 0.2) is 11.6 Å². The first-order chi connectivity index (χ1) is 11.3. The van der Waals surface area contributed by atoms with Crippen LogP contribution in [0.1, 0.15) is 18.5 Å². The summed E-state index contributed by atoms with van der Waals surface area (Å²) in [6.07, 6.45) is 3.86. The third-order valence-electron chi connectivity index (χ3n) is 3.95. The molecule has 0 amide bonds. The van der Waals surface area contributed by atoms with Crippen LogP contribution >= 0.6 is 0 Å². The van der Waals surface area contributed by atoms with Crippen LogP contribution in [-0.4, -0.2) is 29.6 Å². The van der Waals surface area contributed by atoms with Crippen molar-refractivity contribution in [1.29, 1.82) is 0 Å². The van der Waals surface area contributed by atoms with Crippen molar-refractivity contribution in [2.45, 2.75) is 19.4 Å². The molecule has 2 heterocycles. The summed E-state index contributed by atoms with van der Waals surface area (Å²) in [6, 6.07) is 8.02. The van der Waals surface area contributed by atoms with Gasteiger partial charge >= 0.3 is 0 Å². The first-order valence-corrected chi connectivity index (χ1v) is 7.96. The lowest BCUT2D eigenvalue weighted by molar-refractivity contribution is 0.355. The molecule has 0 spiro atoms. The number of hydrogen-bond donors (Lipinski definition) is 2. The summed E-state index contributed by atoms with van der Waals surface area (Å²) in [7, 11) is 0. The van der Waals surface area contributed by atoms with Gasteiger partial charge in [-0.05, 0) is 50.5 Å². The molecule has 6 heteroatoms. The minimum absolute atomic E-state index is 0.166. The average Bonchev–Trinajstić information content (AvgIpc) is 2.58. The van der Waals surface area contributed by atoms with E-state index in [9.17, 15) is 4.39 Å². The Hall–Kier alpha value is -2.05. The maximum Gasteiger partial charge on any atom is 0.222 e. The van der Waals surface area contributed by atoms with Crippen molar-refractivity contribution in [2.75, 3.05) is 19.6 Å². The maximum absolute atomic E-state index is 13.6. The Kier molecular flexibility index (Phi) is 5.50. The third kappa shape index (κ3) is 4.71. The van der Waals surface area contributed by atoms with Crippen LogP contribution in [0.15, 0.2) is 36.7 Å². The van der Waals surface area contributed by atoms with Crippen molar-refractivity contribution in [3.63, 3.8) is 0 Å². The predicted octanol–water partition coefficient (Wildman–Crippen LogP) is 2.50. The van der Waals surface area contributed by atoms with Gasteiger partial charge in [0.05, 0.1) is 5.69 Å². The lowest BCUT2D eigenvalue weighted by Gasteiger charge is -2.22. The van der Waals surface area contributed by atoms with Gasteiger partial charge in [0, 0.05) is 12.6 Å². The highest BCUT2D eigenvalue weighted by molar-refractivity contribution is 5.28. The van der Waals surface area contributed by atoms with E-state index in [-0.39, 0.29) is 5.75 Å². The SMILES string of the molecule is Fc1ccccc1Oc1cc(CNCC2CCNCC2)ncn1. The number of piperidine rings is 1. The van der Waals surface area contributed by atoms with Crippen molar-refractivity contribution in [1.82, 2.24) is 20.6 Å². The molecule has 1 aliphatic heterocycles. The van der Waals surface area contributed by atoms with E-state index >= 15 is 0 Å². The lowest BCUT2D eigenvalue weighted by atomic mass is 9.98. The van der Waals surface area contributed by atoms with Crippen molar-refractivity contribution in [3.8, 4) is 11.6 Å². The third-order valence-corrected chi connectivity index (χ3v) is 3.95. The van der Waals surface area contributed by atoms with Crippen LogP contribution in [0, 0.1) is 11.7 Å². The van der Waals surface area contributed by atoms with Gasteiger partial charge in [-0.15, -0.1) is 0 Å². The Balaban J connectivity index is 1.53. The summed E-state index contributed by atoms with van der Waals surface area (Å²) in [5.41, 5.74) is 0.834. The van der Waals surface area contributed by atoms with Gasteiger partial charge in [-0.3, -0.25) is 0 Å². The number of rotatable bonds is 6. The Morgan fingerprint density at radius 3 is 2.87 bits per heavy atom. The zero-order valence-electron chi connectivity index (χ0n) is 13.0. The molecule has 0 saturated carbocycles. The number of nitrogens with zero attached hydrogens (tertiary/aromatic N) is 2. The average molecular weight is 316 g/mol. The monoisotopic (exact) mass is 316 g/mol. The van der Waals surface area contributed by atoms with Crippen molar-refractivity contribution in [3.05, 3.63) is 48.2 Å². The zero-order valence-corrected chi connectivity index (χ0v) is 13.0. The quantitative estimate of drug-likeness (QED) is 0.857. The van der Waals surface area contributed by atoms with Crippen molar-refractivity contribution in [2.24, 2.45) is 5.92 Å². The number of aromatic nitrogens is 2. The molecule has 2 N–H and O–H groups in total. The van der Waals surface area contributed by atoms with E-state index in [0.717, 1.165) is 25.3 Å². The van der Waals surface area contributed by atoms with Gasteiger partial charge in [-0.2, -0.15) is 0 Å². The molecule has 0 aliphatic carbocycles. The smallest absolute Gasteiger partial charge is 0.222 e. The molecule has 5 nitrogen and oxygen atoms in total. The zero-order chi connectivity index (χ0) is 15.9. The molecule has 0 bridgehead atoms. The summed E-state index contributed by atoms with van der Waals surface area (Å²) in [6.45, 7) is 3.83. The fourth-order valence-corrected chi connectivity index (χ4v) is 2.66. The fraction of sp³-hybridized carbons (Fsp3) is 0.412. The molecule has 23 heavy (non-hydrogen) atoms. The van der Waals surface area contributed by atoms with Crippen molar-refractivity contribution < 1.29 is 9.13 Å². The summed E-state index contributed by atoms with van der Waals surface area (Å²) < 4.78 is 19.1. The number of halogens is 1. The van der Waals surface area contributed by atoms with E-state index in [4.69, 9.17) is 4.74 Å². The standard InChI is InChI=1S/C17H21FN4O/c18-15-3-1-2-4-16(15)23-17-9-14(21-12-22-17)11-20-10-13-5-7-19-8-6-13/h1-4,9,12-13,19-20H,5-8,10-11H2. The molecule has 122 valence electrons. The van der Waals surface area contributed by atoms with Gasteiger partial charge in [0.25, 0.3) is 0 Å². The molecule has 1 fully saturated rings. The highest BCUT2D eigenvalue weighted by atomic mass is 19.1. The van der Waals surface area contributed by atoms with Crippen LogP contribution in [-0.2, 0) is 6.54 Å². The number of benzene rings is 1. The normalized spacial score (nSPS) is 15.5. The van der Waals surface area contributed by atoms with Gasteiger partial charge in [0.1, 0.15) is 6.33 Å². The first kappa shape index (κ1) is 15.8. The molecule has 0 radical (unpaired) electrons. The highest BCUT2D eigenvalue weighted by Crippen LogP contribution is 2.22. The second-order valence-corrected chi connectivity index (χ2v) is 5.70. The van der Waals surface area contributed by atoms with Gasteiger partial charge in [0.2, 0.25) is 5.88 Å². The predicted molar refractivity (Wildman–Crippen MR) is 85.8 cm³/mol. The van der Waals surface area contributed by atoms with Crippen LogP contribution in [0.2, 0.25) is 0 Å². The summed E-state index contributed by atoms with van der Waals surface area (Å²) in [5.74, 6) is 0.826. The van der Waals surface area contributed by atoms with Gasteiger partial charge < -0.3 is 15.4 Å². The number of para-hydroxylation sites is 1. The molecule has 1 aromatic carbocycles. The Morgan fingerprint density at radius 1 is 1.22 bits per heavy atom. The molecule has 0 unspecified atom stereocenters. The number of nitrogens with one attached hydrogen (secondary N) is 2. The first-order valence-electron chi connectivity index (χ1n) is 7.96. The van der Waals surface area contributed by atoms with Crippen LogP contribution in [0.4, 0.5) is 4.39 Å². The molecule has 2 aromatic rings. The van der Waals surface area contributed by atoms with Crippen LogP contribution in [0.3, 0.4) is 0 Å². The van der Waals surface area contributed by atoms with E-state index in [1.54, 1.807) is 24.3 Å². The molecule has 3 rings (SSSR count). The van der Waals surface area contributed by atoms with E-state index in [0.29, 0.717) is 18.3 Å². The van der Waals surface area contributed by atoms with E-state index in [1.807, 2.05) is 0 Å². The molecule has 1 saturated heterocycles. The van der Waals surface area contributed by atoms with E-state index < -0.39 is 5.82 Å². The molecular weight excluding hydrogens is 295 g/mol. The second-order valence-electron chi connectivity index (χ2n) is 5.70. The fourth-order valence-electron chi connectivity index (χ4n) is 2.66. The Labute approximate surface area is 135 Å². The maximum atomic E-state index is 13.6. The molecule has 1 aliphatic rings. The molecular formula is C17H21FN4O. The number of ether oxygens (including phenoxy) is 1. The summed E-state index contributed by atoms with van der Waals surface area (Å²) in [4.78, 5) is 8.26. The molecule has 0 atom stereocenters. The van der Waals surface area contributed by atoms with E-state index in [1.165, 1.54) is 25.2 Å². The van der Waals surface area contributed by atoms with E-state index in [2.05, 4.69) is 20.6 Å². The van der Waals surface area contributed by atoms with Crippen LogP contribution in [0.25, 0.3) is 0 Å². The summed E-state index contributed by atoms with van der Waals surface area (Å²) >= 11 is 0. The lowest BCUT2D eigenvalue weighted by Crippen LogP contribution is -2.33. The minimum Gasteiger partial charge on any atom is -0.436 e. The Morgan fingerprint density at radius 2 is 2.04 bits per heavy atom. The minimum atomic E-state index is -0.406.